The van der Waals surface area contributed by atoms with Crippen LogP contribution in [0, 0.1) is 0 Å². The first-order valence-electron chi connectivity index (χ1n) is 11.7. The highest BCUT2D eigenvalue weighted by Gasteiger charge is 2.29. The number of carbonyl (C=O) groups excluding carboxylic acids is 3. The van der Waals surface area contributed by atoms with Crippen LogP contribution in [0.15, 0.2) is 48.5 Å². The SMILES string of the molecule is CC1CCCC(C)N1C(=O)COc1ccc(C(=O)Nc2ccc(N3CCCC3=O)cc2)cc1. The third-order valence-electron chi connectivity index (χ3n) is 6.47. The second-order valence-corrected chi connectivity index (χ2v) is 8.89. The van der Waals surface area contributed by atoms with Crippen LogP contribution in [0.3, 0.4) is 0 Å². The van der Waals surface area contributed by atoms with Crippen molar-refractivity contribution >= 4 is 29.1 Å². The number of anilines is 2. The third kappa shape index (κ3) is 5.35. The van der Waals surface area contributed by atoms with Gasteiger partial charge in [0, 0.05) is 42.0 Å². The van der Waals surface area contributed by atoms with Crippen molar-refractivity contribution in [2.24, 2.45) is 0 Å². The van der Waals surface area contributed by atoms with Crippen molar-refractivity contribution in [3.63, 3.8) is 0 Å². The maximum Gasteiger partial charge on any atom is 0.260 e. The molecule has 1 N–H and O–H groups in total. The van der Waals surface area contributed by atoms with Gasteiger partial charge in [-0.1, -0.05) is 0 Å². The second-order valence-electron chi connectivity index (χ2n) is 8.89. The van der Waals surface area contributed by atoms with Crippen LogP contribution >= 0.6 is 0 Å². The number of amides is 3. The van der Waals surface area contributed by atoms with Crippen molar-refractivity contribution < 1.29 is 19.1 Å². The van der Waals surface area contributed by atoms with Gasteiger partial charge in [-0.3, -0.25) is 14.4 Å². The van der Waals surface area contributed by atoms with Crippen molar-refractivity contribution in [3.8, 4) is 5.75 Å². The van der Waals surface area contributed by atoms with Crippen LogP contribution in [0.25, 0.3) is 0 Å². The molecular weight excluding hydrogens is 418 g/mol. The van der Waals surface area contributed by atoms with E-state index in [1.165, 1.54) is 0 Å². The highest BCUT2D eigenvalue weighted by atomic mass is 16.5. The lowest BCUT2D eigenvalue weighted by Gasteiger charge is -2.38. The standard InChI is InChI=1S/C26H31N3O4/c1-18-5-3-6-19(2)29(18)25(31)17-33-23-14-8-20(9-15-23)26(32)27-21-10-12-22(13-11-21)28-16-4-7-24(28)30/h8-15,18-19H,3-7,16-17H2,1-2H3,(H,27,32). The maximum atomic E-state index is 12.6. The molecule has 0 spiro atoms. The minimum absolute atomic E-state index is 0.00408. The number of piperidine rings is 1. The van der Waals surface area contributed by atoms with E-state index in [-0.39, 0.29) is 36.4 Å². The van der Waals surface area contributed by atoms with Crippen molar-refractivity contribution in [3.05, 3.63) is 54.1 Å². The summed E-state index contributed by atoms with van der Waals surface area (Å²) < 4.78 is 5.69. The molecule has 0 bridgehead atoms. The molecule has 174 valence electrons. The first-order chi connectivity index (χ1) is 15.9. The molecule has 3 amide bonds. The normalized spacial score (nSPS) is 20.6. The van der Waals surface area contributed by atoms with Gasteiger partial charge in [0.2, 0.25) is 5.91 Å². The lowest BCUT2D eigenvalue weighted by molar-refractivity contribution is -0.139. The number of hydrogen-bond acceptors (Lipinski definition) is 4. The van der Waals surface area contributed by atoms with E-state index < -0.39 is 0 Å². The van der Waals surface area contributed by atoms with Gasteiger partial charge in [0.15, 0.2) is 6.61 Å². The largest absolute Gasteiger partial charge is 0.484 e. The van der Waals surface area contributed by atoms with E-state index in [4.69, 9.17) is 4.74 Å². The Bertz CT molecular complexity index is 993. The Morgan fingerprint density at radius 2 is 1.64 bits per heavy atom. The van der Waals surface area contributed by atoms with Crippen molar-refractivity contribution in [1.29, 1.82) is 0 Å². The zero-order valence-corrected chi connectivity index (χ0v) is 19.3. The minimum atomic E-state index is -0.237. The summed E-state index contributed by atoms with van der Waals surface area (Å²) in [6.45, 7) is 4.90. The van der Waals surface area contributed by atoms with Gasteiger partial charge in [-0.25, -0.2) is 0 Å². The summed E-state index contributed by atoms with van der Waals surface area (Å²) in [7, 11) is 0. The van der Waals surface area contributed by atoms with E-state index in [9.17, 15) is 14.4 Å². The minimum Gasteiger partial charge on any atom is -0.484 e. The average Bonchev–Trinajstić information content (AvgIpc) is 3.24. The van der Waals surface area contributed by atoms with E-state index in [0.717, 1.165) is 37.9 Å². The number of hydrogen-bond donors (Lipinski definition) is 1. The lowest BCUT2D eigenvalue weighted by atomic mass is 9.97. The molecule has 2 aromatic rings. The molecule has 7 nitrogen and oxygen atoms in total. The summed E-state index contributed by atoms with van der Waals surface area (Å²) in [6, 6.07) is 14.5. The van der Waals surface area contributed by atoms with Gasteiger partial charge in [0.1, 0.15) is 5.75 Å². The Balaban J connectivity index is 1.30. The Kier molecular flexibility index (Phi) is 6.96. The molecule has 0 aromatic heterocycles. The van der Waals surface area contributed by atoms with Gasteiger partial charge >= 0.3 is 0 Å². The number of ether oxygens (including phenoxy) is 1. The van der Waals surface area contributed by atoms with E-state index in [1.807, 2.05) is 17.0 Å². The molecule has 2 aliphatic heterocycles. The van der Waals surface area contributed by atoms with Crippen LogP contribution in [-0.4, -0.2) is 47.9 Å². The first-order valence-corrected chi connectivity index (χ1v) is 11.7. The van der Waals surface area contributed by atoms with Crippen LogP contribution in [0.2, 0.25) is 0 Å². The zero-order chi connectivity index (χ0) is 23.4. The summed E-state index contributed by atoms with van der Waals surface area (Å²) in [5, 5.41) is 2.87. The monoisotopic (exact) mass is 449 g/mol. The third-order valence-corrected chi connectivity index (χ3v) is 6.47. The molecule has 2 heterocycles. The molecule has 2 atom stereocenters. The van der Waals surface area contributed by atoms with Crippen LogP contribution in [0.5, 0.6) is 5.75 Å². The number of likely N-dealkylation sites (tertiary alicyclic amines) is 1. The molecule has 33 heavy (non-hydrogen) atoms. The summed E-state index contributed by atoms with van der Waals surface area (Å²) in [4.78, 5) is 40.8. The van der Waals surface area contributed by atoms with E-state index in [1.54, 1.807) is 41.3 Å². The molecule has 0 radical (unpaired) electrons. The second kappa shape index (κ2) is 10.1. The number of nitrogens with zero attached hydrogens (tertiary/aromatic N) is 2. The van der Waals surface area contributed by atoms with Gasteiger partial charge < -0.3 is 19.9 Å². The topological polar surface area (TPSA) is 79.0 Å². The van der Waals surface area contributed by atoms with E-state index in [0.29, 0.717) is 23.4 Å². The van der Waals surface area contributed by atoms with Gasteiger partial charge in [-0.15, -0.1) is 0 Å². The first kappa shape index (κ1) is 22.8. The molecule has 0 saturated carbocycles. The number of nitrogens with one attached hydrogen (secondary N) is 1. The smallest absolute Gasteiger partial charge is 0.260 e. The van der Waals surface area contributed by atoms with Crippen LogP contribution < -0.4 is 15.0 Å². The molecule has 2 aromatic carbocycles. The molecule has 2 fully saturated rings. The summed E-state index contributed by atoms with van der Waals surface area (Å²) in [6.07, 6.45) is 4.67. The zero-order valence-electron chi connectivity index (χ0n) is 19.3. The molecule has 4 rings (SSSR count). The summed E-state index contributed by atoms with van der Waals surface area (Å²) >= 11 is 0. The van der Waals surface area contributed by atoms with Crippen molar-refractivity contribution in [1.82, 2.24) is 4.90 Å². The van der Waals surface area contributed by atoms with Crippen molar-refractivity contribution in [2.75, 3.05) is 23.4 Å². The summed E-state index contributed by atoms with van der Waals surface area (Å²) in [5.41, 5.74) is 2.00. The quantitative estimate of drug-likeness (QED) is 0.716. The van der Waals surface area contributed by atoms with E-state index in [2.05, 4.69) is 19.2 Å². The highest BCUT2D eigenvalue weighted by Crippen LogP contribution is 2.24. The van der Waals surface area contributed by atoms with Crippen molar-refractivity contribution in [2.45, 2.75) is 58.0 Å². The lowest BCUT2D eigenvalue weighted by Crippen LogP contribution is -2.49. The number of benzene rings is 2. The molecular formula is C26H31N3O4. The van der Waals surface area contributed by atoms with Gasteiger partial charge in [0.25, 0.3) is 11.8 Å². The molecule has 0 aliphatic carbocycles. The van der Waals surface area contributed by atoms with E-state index >= 15 is 0 Å². The predicted molar refractivity (Wildman–Crippen MR) is 128 cm³/mol. The van der Waals surface area contributed by atoms with Crippen LogP contribution in [0.4, 0.5) is 11.4 Å². The van der Waals surface area contributed by atoms with Crippen LogP contribution in [-0.2, 0) is 9.59 Å². The average molecular weight is 450 g/mol. The number of rotatable bonds is 6. The Hall–Kier alpha value is -3.35. The van der Waals surface area contributed by atoms with Gasteiger partial charge in [0.05, 0.1) is 0 Å². The fourth-order valence-corrected chi connectivity index (χ4v) is 4.68. The molecule has 2 unspecified atom stereocenters. The Labute approximate surface area is 194 Å². The van der Waals surface area contributed by atoms with Gasteiger partial charge in [-0.05, 0) is 88.1 Å². The van der Waals surface area contributed by atoms with Crippen LogP contribution in [0.1, 0.15) is 56.3 Å². The molecule has 2 saturated heterocycles. The maximum absolute atomic E-state index is 12.6. The number of carbonyl (C=O) groups is 3. The Morgan fingerprint density at radius 3 is 2.24 bits per heavy atom. The summed E-state index contributed by atoms with van der Waals surface area (Å²) in [5.74, 6) is 0.446. The molecule has 2 aliphatic rings. The fourth-order valence-electron chi connectivity index (χ4n) is 4.68. The van der Waals surface area contributed by atoms with Gasteiger partial charge in [-0.2, -0.15) is 0 Å². The fraction of sp³-hybridized carbons (Fsp3) is 0.423. The predicted octanol–water partition coefficient (Wildman–Crippen LogP) is 4.23. The Morgan fingerprint density at radius 1 is 0.970 bits per heavy atom. The highest BCUT2D eigenvalue weighted by molar-refractivity contribution is 6.04. The molecule has 7 heteroatoms.